The Bertz CT molecular complexity index is 1410. The van der Waals surface area contributed by atoms with Gasteiger partial charge in [-0.3, -0.25) is 19.2 Å². The van der Waals surface area contributed by atoms with Gasteiger partial charge in [0.15, 0.2) is 0 Å². The minimum atomic E-state index is -3.81. The van der Waals surface area contributed by atoms with Gasteiger partial charge in [-0.15, -0.1) is 0 Å². The normalized spacial score (nSPS) is 18.1. The zero-order chi connectivity index (χ0) is 35.6. The van der Waals surface area contributed by atoms with E-state index >= 15 is 8.78 Å². The molecule has 49 heavy (non-hydrogen) atoms. The highest BCUT2D eigenvalue weighted by molar-refractivity contribution is 5.97. The first kappa shape index (κ1) is 37.9. The predicted octanol–water partition coefficient (Wildman–Crippen LogP) is 5.53. The summed E-state index contributed by atoms with van der Waals surface area (Å²) < 4.78 is 35.7. The first-order valence-electron chi connectivity index (χ1n) is 17.6. The molecule has 1 aliphatic heterocycles. The number of hydrogen-bond donors (Lipinski definition) is 2. The molecule has 0 radical (unpaired) electrons. The Morgan fingerprint density at radius 3 is 2.16 bits per heavy atom. The molecule has 2 fully saturated rings. The molecule has 10 nitrogen and oxygen atoms in total. The van der Waals surface area contributed by atoms with Gasteiger partial charge in [0.25, 0.3) is 0 Å². The fourth-order valence-electron chi connectivity index (χ4n) is 6.91. The highest BCUT2D eigenvalue weighted by Gasteiger charge is 2.44. The summed E-state index contributed by atoms with van der Waals surface area (Å²) in [7, 11) is 3.39. The molecule has 2 aromatic rings. The lowest BCUT2D eigenvalue weighted by molar-refractivity contribution is -0.147. The summed E-state index contributed by atoms with van der Waals surface area (Å²) in [4.78, 5) is 61.0. The SMILES string of the molecule is CCC(=O)N[C@@H](C(=O)N1CCN(C)CC1)[C@@H](CC)c1ccc(NC(=O)[C@@H](CC(=O)C(F)(F)c2ccc(OC)nc2)C2CCCCCC2)cc1. The molecular formula is C37H51F2N5O5. The number of benzene rings is 1. The van der Waals surface area contributed by atoms with Gasteiger partial charge < -0.3 is 25.2 Å². The molecular weight excluding hydrogens is 632 g/mol. The van der Waals surface area contributed by atoms with Crippen molar-refractivity contribution in [3.63, 3.8) is 0 Å². The molecule has 0 spiro atoms. The maximum atomic E-state index is 15.4. The number of pyridine rings is 1. The van der Waals surface area contributed by atoms with Gasteiger partial charge >= 0.3 is 5.92 Å². The second kappa shape index (κ2) is 17.6. The number of amides is 3. The predicted molar refractivity (Wildman–Crippen MR) is 183 cm³/mol. The third kappa shape index (κ3) is 9.83. The van der Waals surface area contributed by atoms with Crippen LogP contribution in [-0.2, 0) is 25.1 Å². The number of alkyl halides is 2. The number of aromatic nitrogens is 1. The quantitative estimate of drug-likeness (QED) is 0.251. The van der Waals surface area contributed by atoms with Crippen LogP contribution in [-0.4, -0.2) is 84.7 Å². The largest absolute Gasteiger partial charge is 0.481 e. The van der Waals surface area contributed by atoms with Gasteiger partial charge in [-0.1, -0.05) is 51.7 Å². The number of Topliss-reactive ketones (excluding diaryl/α,β-unsaturated/α-hetero) is 1. The van der Waals surface area contributed by atoms with E-state index in [1.807, 2.05) is 31.0 Å². The minimum Gasteiger partial charge on any atom is -0.481 e. The Hall–Kier alpha value is -3.93. The Kier molecular flexibility index (Phi) is 13.6. The molecule has 0 bridgehead atoms. The summed E-state index contributed by atoms with van der Waals surface area (Å²) in [6, 6.07) is 8.74. The van der Waals surface area contributed by atoms with Crippen molar-refractivity contribution in [3.8, 4) is 5.88 Å². The zero-order valence-corrected chi connectivity index (χ0v) is 29.2. The Morgan fingerprint density at radius 2 is 1.61 bits per heavy atom. The number of methoxy groups -OCH3 is 1. The van der Waals surface area contributed by atoms with Crippen molar-refractivity contribution >= 4 is 29.2 Å². The number of ketones is 1. The molecule has 4 rings (SSSR count). The van der Waals surface area contributed by atoms with Crippen molar-refractivity contribution in [2.75, 3.05) is 45.7 Å². The first-order chi connectivity index (χ1) is 23.5. The van der Waals surface area contributed by atoms with Crippen LogP contribution in [0.15, 0.2) is 42.6 Å². The number of carbonyl (C=O) groups excluding carboxylic acids is 4. The summed E-state index contributed by atoms with van der Waals surface area (Å²) in [6.45, 7) is 6.41. The lowest BCUT2D eigenvalue weighted by Crippen LogP contribution is -2.56. The number of hydrogen-bond acceptors (Lipinski definition) is 7. The average Bonchev–Trinajstić information content (AvgIpc) is 3.40. The van der Waals surface area contributed by atoms with Crippen molar-refractivity contribution in [3.05, 3.63) is 53.7 Å². The summed E-state index contributed by atoms with van der Waals surface area (Å²) >= 11 is 0. The number of piperazine rings is 1. The standard InChI is InChI=1S/C37H51F2N5O5/c1-5-29(34(42-32(46)6-2)36(48)44-21-19-43(3)20-22-44)26-13-16-28(17-14-26)41-35(47)30(25-11-9-7-8-10-12-25)23-31(45)37(38,39)27-15-18-33(49-4)40-24-27/h13-18,24-25,29-30,34H,5-12,19-23H2,1-4H3,(H,41,47)(H,42,46)/t29-,30-,34+/m0/s1. The van der Waals surface area contributed by atoms with Gasteiger partial charge in [0.05, 0.1) is 7.11 Å². The number of ether oxygens (including phenoxy) is 1. The molecule has 2 N–H and O–H groups in total. The molecule has 2 aliphatic rings. The monoisotopic (exact) mass is 683 g/mol. The summed E-state index contributed by atoms with van der Waals surface area (Å²) in [5.41, 5.74) is 0.742. The highest BCUT2D eigenvalue weighted by Crippen LogP contribution is 2.37. The lowest BCUT2D eigenvalue weighted by Gasteiger charge is -2.37. The van der Waals surface area contributed by atoms with E-state index in [-0.39, 0.29) is 36.0 Å². The van der Waals surface area contributed by atoms with E-state index in [0.717, 1.165) is 56.6 Å². The number of likely N-dealkylation sites (N-methyl/N-ethyl adjacent to an activating group) is 1. The Balaban J connectivity index is 1.52. The van der Waals surface area contributed by atoms with Gasteiger partial charge in [-0.25, -0.2) is 4.98 Å². The third-order valence-electron chi connectivity index (χ3n) is 10.0. The third-order valence-corrected chi connectivity index (χ3v) is 10.0. The fourth-order valence-corrected chi connectivity index (χ4v) is 6.91. The summed E-state index contributed by atoms with van der Waals surface area (Å²) in [5.74, 6) is -7.22. The van der Waals surface area contributed by atoms with E-state index in [2.05, 4.69) is 20.5 Å². The van der Waals surface area contributed by atoms with Crippen LogP contribution in [0.1, 0.15) is 88.7 Å². The van der Waals surface area contributed by atoms with Gasteiger partial charge in [0, 0.05) is 74.4 Å². The summed E-state index contributed by atoms with van der Waals surface area (Å²) in [6.07, 6.45) is 6.29. The van der Waals surface area contributed by atoms with Crippen LogP contribution >= 0.6 is 0 Å². The van der Waals surface area contributed by atoms with Crippen LogP contribution in [0, 0.1) is 11.8 Å². The van der Waals surface area contributed by atoms with Crippen molar-refractivity contribution < 1.29 is 32.7 Å². The van der Waals surface area contributed by atoms with E-state index in [1.165, 1.54) is 13.2 Å². The van der Waals surface area contributed by atoms with Crippen LogP contribution in [0.3, 0.4) is 0 Å². The van der Waals surface area contributed by atoms with Crippen molar-refractivity contribution in [1.29, 1.82) is 0 Å². The summed E-state index contributed by atoms with van der Waals surface area (Å²) in [5, 5.41) is 5.85. The van der Waals surface area contributed by atoms with Crippen molar-refractivity contribution in [1.82, 2.24) is 20.1 Å². The second-order valence-electron chi connectivity index (χ2n) is 13.3. The maximum Gasteiger partial charge on any atom is 0.331 e. The smallest absolute Gasteiger partial charge is 0.331 e. The molecule has 3 atom stereocenters. The molecule has 268 valence electrons. The topological polar surface area (TPSA) is 121 Å². The zero-order valence-electron chi connectivity index (χ0n) is 29.2. The minimum absolute atomic E-state index is 0.114. The molecule has 1 saturated heterocycles. The first-order valence-corrected chi connectivity index (χ1v) is 17.6. The number of halogens is 2. The lowest BCUT2D eigenvalue weighted by atomic mass is 9.81. The Labute approximate surface area is 288 Å². The number of rotatable bonds is 14. The van der Waals surface area contributed by atoms with Gasteiger partial charge in [-0.05, 0) is 56.0 Å². The maximum absolute atomic E-state index is 15.4. The van der Waals surface area contributed by atoms with Crippen LogP contribution in [0.5, 0.6) is 5.88 Å². The van der Waals surface area contributed by atoms with Gasteiger partial charge in [0.1, 0.15) is 6.04 Å². The van der Waals surface area contributed by atoms with E-state index in [0.29, 0.717) is 38.0 Å². The van der Waals surface area contributed by atoms with E-state index in [1.54, 1.807) is 19.1 Å². The van der Waals surface area contributed by atoms with Crippen LogP contribution in [0.2, 0.25) is 0 Å². The van der Waals surface area contributed by atoms with Crippen molar-refractivity contribution in [2.45, 2.75) is 89.5 Å². The average molecular weight is 684 g/mol. The second-order valence-corrected chi connectivity index (χ2v) is 13.3. The molecule has 1 aromatic carbocycles. The van der Waals surface area contributed by atoms with E-state index in [4.69, 9.17) is 4.74 Å². The van der Waals surface area contributed by atoms with Gasteiger partial charge in [-0.2, -0.15) is 8.78 Å². The van der Waals surface area contributed by atoms with Gasteiger partial charge in [0.2, 0.25) is 29.4 Å². The molecule has 1 saturated carbocycles. The molecule has 12 heteroatoms. The fraction of sp³-hybridized carbons (Fsp3) is 0.595. The highest BCUT2D eigenvalue weighted by atomic mass is 19.3. The number of anilines is 1. The molecule has 3 amide bonds. The number of carbonyl (C=O) groups is 4. The van der Waals surface area contributed by atoms with Crippen LogP contribution in [0.4, 0.5) is 14.5 Å². The van der Waals surface area contributed by atoms with E-state index < -0.39 is 41.6 Å². The molecule has 1 aliphatic carbocycles. The van der Waals surface area contributed by atoms with Crippen LogP contribution in [0.25, 0.3) is 0 Å². The Morgan fingerprint density at radius 1 is 0.959 bits per heavy atom. The van der Waals surface area contributed by atoms with Crippen LogP contribution < -0.4 is 15.4 Å². The molecule has 1 aromatic heterocycles. The number of nitrogens with one attached hydrogen (secondary N) is 2. The number of nitrogens with zero attached hydrogens (tertiary/aromatic N) is 3. The van der Waals surface area contributed by atoms with Crippen molar-refractivity contribution in [2.24, 2.45) is 11.8 Å². The van der Waals surface area contributed by atoms with E-state index in [9.17, 15) is 19.2 Å². The molecule has 0 unspecified atom stereocenters. The molecule has 2 heterocycles.